The third-order valence-corrected chi connectivity index (χ3v) is 1.08. The molecule has 0 aromatic heterocycles. The predicted molar refractivity (Wildman–Crippen MR) is 44.3 cm³/mol. The van der Waals surface area contributed by atoms with Crippen LogP contribution < -0.4 is 0 Å². The van der Waals surface area contributed by atoms with Gasteiger partial charge in [0.2, 0.25) is 0 Å². The molecule has 0 spiro atoms. The van der Waals surface area contributed by atoms with Crippen molar-refractivity contribution in [1.29, 1.82) is 0 Å². The molecule has 5 heteroatoms. The molecule has 0 atom stereocenters. The second-order valence-corrected chi connectivity index (χ2v) is 1.81. The molecule has 0 heterocycles. The van der Waals surface area contributed by atoms with Gasteiger partial charge in [0.15, 0.2) is 0 Å². The van der Waals surface area contributed by atoms with Gasteiger partial charge in [0.05, 0.1) is 21.3 Å². The van der Waals surface area contributed by atoms with Crippen molar-refractivity contribution < 1.29 is 23.7 Å². The average molecular weight is 188 g/mol. The standard InChI is InChI=1S/C8H12O5/c1-5-6(9)13-8(12-4)7(10-2)11-3/h5H,1H2,2-4H3. The molecule has 0 unspecified atom stereocenters. The molecular formula is C8H12O5. The summed E-state index contributed by atoms with van der Waals surface area (Å²) in [5.41, 5.74) is 0. The highest BCUT2D eigenvalue weighted by molar-refractivity contribution is 5.81. The molecule has 0 saturated heterocycles. The van der Waals surface area contributed by atoms with Gasteiger partial charge < -0.3 is 18.9 Å². The lowest BCUT2D eigenvalue weighted by Crippen LogP contribution is -2.07. The number of carbonyl (C=O) groups is 1. The highest BCUT2D eigenvalue weighted by Gasteiger charge is 2.13. The molecule has 74 valence electrons. The number of hydrogen-bond acceptors (Lipinski definition) is 5. The first-order valence-corrected chi connectivity index (χ1v) is 3.40. The molecule has 0 amide bonds. The van der Waals surface area contributed by atoms with Crippen LogP contribution in [0.5, 0.6) is 0 Å². The molecule has 0 rings (SSSR count). The number of rotatable bonds is 5. The zero-order valence-electron chi connectivity index (χ0n) is 7.83. The average Bonchev–Trinajstić information content (AvgIpc) is 2.17. The molecule has 5 nitrogen and oxygen atoms in total. The van der Waals surface area contributed by atoms with E-state index in [-0.39, 0.29) is 11.9 Å². The Labute approximate surface area is 76.5 Å². The fraction of sp³-hybridized carbons (Fsp3) is 0.375. The van der Waals surface area contributed by atoms with Gasteiger partial charge in [-0.05, 0) is 0 Å². The summed E-state index contributed by atoms with van der Waals surface area (Å²) in [5.74, 6) is -0.809. The van der Waals surface area contributed by atoms with Crippen molar-refractivity contribution >= 4 is 5.97 Å². The summed E-state index contributed by atoms with van der Waals surface area (Å²) in [6.45, 7) is 3.22. The van der Waals surface area contributed by atoms with Crippen LogP contribution in [0.1, 0.15) is 0 Å². The normalized spacial score (nSPS) is 8.23. The highest BCUT2D eigenvalue weighted by Crippen LogP contribution is 2.08. The van der Waals surface area contributed by atoms with Crippen molar-refractivity contribution in [2.45, 2.75) is 0 Å². The molecule has 0 aliphatic rings. The fourth-order valence-corrected chi connectivity index (χ4v) is 0.550. The van der Waals surface area contributed by atoms with Crippen LogP contribution >= 0.6 is 0 Å². The van der Waals surface area contributed by atoms with Crippen LogP contribution in [0, 0.1) is 0 Å². The van der Waals surface area contributed by atoms with Gasteiger partial charge >= 0.3 is 17.9 Å². The minimum absolute atomic E-state index is 0.0160. The van der Waals surface area contributed by atoms with Crippen LogP contribution in [-0.2, 0) is 23.7 Å². The quantitative estimate of drug-likeness (QED) is 0.362. The van der Waals surface area contributed by atoms with Gasteiger partial charge in [0.1, 0.15) is 0 Å². The molecule has 13 heavy (non-hydrogen) atoms. The van der Waals surface area contributed by atoms with Gasteiger partial charge in [-0.2, -0.15) is 0 Å². The predicted octanol–water partition coefficient (Wildman–Crippen LogP) is 0.781. The second kappa shape index (κ2) is 5.93. The summed E-state index contributed by atoms with van der Waals surface area (Å²) >= 11 is 0. The zero-order chi connectivity index (χ0) is 10.3. The van der Waals surface area contributed by atoms with Gasteiger partial charge in [-0.15, -0.1) is 0 Å². The summed E-state index contributed by atoms with van der Waals surface area (Å²) < 4.78 is 18.8. The van der Waals surface area contributed by atoms with Crippen LogP contribution in [0.3, 0.4) is 0 Å². The Hall–Kier alpha value is -1.65. The van der Waals surface area contributed by atoms with E-state index in [1.165, 1.54) is 21.3 Å². The van der Waals surface area contributed by atoms with Crippen molar-refractivity contribution in [3.63, 3.8) is 0 Å². The molecular weight excluding hydrogens is 176 g/mol. The maximum atomic E-state index is 10.8. The Balaban J connectivity index is 4.55. The van der Waals surface area contributed by atoms with E-state index >= 15 is 0 Å². The first-order valence-electron chi connectivity index (χ1n) is 3.40. The summed E-state index contributed by atoms with van der Waals surface area (Å²) in [6, 6.07) is 0. The van der Waals surface area contributed by atoms with E-state index in [1.807, 2.05) is 0 Å². The summed E-state index contributed by atoms with van der Waals surface area (Å²) in [5, 5.41) is 0. The summed E-state index contributed by atoms with van der Waals surface area (Å²) in [7, 11) is 4.04. The third-order valence-electron chi connectivity index (χ3n) is 1.08. The lowest BCUT2D eigenvalue weighted by Gasteiger charge is -2.09. The summed E-state index contributed by atoms with van der Waals surface area (Å²) in [6.07, 6.45) is 1.00. The Kier molecular flexibility index (Phi) is 5.18. The monoisotopic (exact) mass is 188 g/mol. The number of hydrogen-bond donors (Lipinski definition) is 0. The first kappa shape index (κ1) is 11.4. The van der Waals surface area contributed by atoms with Gasteiger partial charge in [-0.3, -0.25) is 0 Å². The Morgan fingerprint density at radius 3 is 1.85 bits per heavy atom. The molecule has 0 saturated carbocycles. The van der Waals surface area contributed by atoms with Gasteiger partial charge in [-0.1, -0.05) is 6.58 Å². The Morgan fingerprint density at radius 2 is 1.54 bits per heavy atom. The van der Waals surface area contributed by atoms with Crippen molar-refractivity contribution in [3.05, 3.63) is 24.5 Å². The Bertz CT molecular complexity index is 213. The maximum Gasteiger partial charge on any atom is 0.372 e. The molecule has 0 fully saturated rings. The van der Waals surface area contributed by atoms with E-state index in [0.29, 0.717) is 0 Å². The van der Waals surface area contributed by atoms with E-state index in [9.17, 15) is 4.79 Å². The van der Waals surface area contributed by atoms with Gasteiger partial charge in [0.25, 0.3) is 0 Å². The smallest absolute Gasteiger partial charge is 0.372 e. The fourth-order valence-electron chi connectivity index (χ4n) is 0.550. The maximum absolute atomic E-state index is 10.8. The first-order chi connectivity index (χ1) is 6.19. The van der Waals surface area contributed by atoms with Crippen LogP contribution in [0.25, 0.3) is 0 Å². The Morgan fingerprint density at radius 1 is 1.08 bits per heavy atom. The molecule has 0 aromatic rings. The molecule has 0 aromatic carbocycles. The molecule has 0 bridgehead atoms. The second-order valence-electron chi connectivity index (χ2n) is 1.81. The SMILES string of the molecule is C=CC(=O)OC(OC)=C(OC)OC. The molecule has 0 aliphatic carbocycles. The van der Waals surface area contributed by atoms with Crippen molar-refractivity contribution in [1.82, 2.24) is 0 Å². The topological polar surface area (TPSA) is 54.0 Å². The molecule has 0 aliphatic heterocycles. The highest BCUT2D eigenvalue weighted by atomic mass is 16.7. The van der Waals surface area contributed by atoms with Crippen LogP contribution in [0.15, 0.2) is 24.5 Å². The van der Waals surface area contributed by atoms with E-state index in [1.54, 1.807) is 0 Å². The van der Waals surface area contributed by atoms with E-state index in [0.717, 1.165) is 6.08 Å². The van der Waals surface area contributed by atoms with Crippen LogP contribution in [0.2, 0.25) is 0 Å². The minimum Gasteiger partial charge on any atom is -0.464 e. The lowest BCUT2D eigenvalue weighted by atomic mass is 10.6. The van der Waals surface area contributed by atoms with Crippen LogP contribution in [0.4, 0.5) is 0 Å². The minimum atomic E-state index is -0.650. The van der Waals surface area contributed by atoms with E-state index in [2.05, 4.69) is 11.3 Å². The lowest BCUT2D eigenvalue weighted by molar-refractivity contribution is -0.140. The van der Waals surface area contributed by atoms with Gasteiger partial charge in [0, 0.05) is 6.08 Å². The molecule has 0 radical (unpaired) electrons. The largest absolute Gasteiger partial charge is 0.464 e. The van der Waals surface area contributed by atoms with E-state index in [4.69, 9.17) is 14.2 Å². The number of esters is 1. The molecule has 0 N–H and O–H groups in total. The van der Waals surface area contributed by atoms with Crippen molar-refractivity contribution in [2.24, 2.45) is 0 Å². The van der Waals surface area contributed by atoms with Gasteiger partial charge in [-0.25, -0.2) is 4.79 Å². The number of ether oxygens (including phenoxy) is 4. The van der Waals surface area contributed by atoms with E-state index < -0.39 is 5.97 Å². The third kappa shape index (κ3) is 3.50. The number of methoxy groups -OCH3 is 3. The van der Waals surface area contributed by atoms with Crippen molar-refractivity contribution in [3.8, 4) is 0 Å². The number of carbonyl (C=O) groups excluding carboxylic acids is 1. The zero-order valence-corrected chi connectivity index (χ0v) is 7.83. The summed E-state index contributed by atoms with van der Waals surface area (Å²) in [4.78, 5) is 10.8. The van der Waals surface area contributed by atoms with Crippen molar-refractivity contribution in [2.75, 3.05) is 21.3 Å². The van der Waals surface area contributed by atoms with Crippen LogP contribution in [-0.4, -0.2) is 27.3 Å².